The highest BCUT2D eigenvalue weighted by Crippen LogP contribution is 2.43. The van der Waals surface area contributed by atoms with E-state index in [1.807, 2.05) is 6.20 Å². The molecule has 0 aliphatic heterocycles. The fraction of sp³-hybridized carbons (Fsp3) is 0.360. The van der Waals surface area contributed by atoms with E-state index in [2.05, 4.69) is 177 Å². The van der Waals surface area contributed by atoms with Crippen LogP contribution in [0.25, 0.3) is 44.4 Å². The zero-order valence-electron chi connectivity index (χ0n) is 35.0. The molecule has 5 nitrogen and oxygen atoms in total. The maximum Gasteiger partial charge on any atom is 0.137 e. The van der Waals surface area contributed by atoms with Gasteiger partial charge in [-0.15, -0.1) is 0 Å². The summed E-state index contributed by atoms with van der Waals surface area (Å²) in [7, 11) is 0. The summed E-state index contributed by atoms with van der Waals surface area (Å²) in [4.78, 5) is 4.86. The van der Waals surface area contributed by atoms with Gasteiger partial charge in [0.15, 0.2) is 0 Å². The molecule has 4 aromatic carbocycles. The molecule has 55 heavy (non-hydrogen) atoms. The predicted molar refractivity (Wildman–Crippen MR) is 232 cm³/mol. The number of aromatic nitrogens is 4. The summed E-state index contributed by atoms with van der Waals surface area (Å²) in [5.41, 5.74) is 14.5. The summed E-state index contributed by atoms with van der Waals surface area (Å²) >= 11 is 0. The van der Waals surface area contributed by atoms with Crippen molar-refractivity contribution in [2.45, 2.75) is 119 Å². The van der Waals surface area contributed by atoms with Crippen LogP contribution in [0, 0.1) is 13.8 Å². The Kier molecular flexibility index (Phi) is 10.3. The minimum atomic E-state index is -0.110. The molecule has 3 aromatic heterocycles. The SMILES string of the molecule is CCCc1ccnc(-n2c3ccccc3c3ccc(Oc4cc(-n5nc(C)c(-c6c(C(C)C)cc(C(C)C)cc6C(C)C)c5C)cc(C(C)(C)C)c4)cc32)c1. The summed E-state index contributed by atoms with van der Waals surface area (Å²) in [6.07, 6.45) is 4.04. The van der Waals surface area contributed by atoms with Crippen molar-refractivity contribution in [2.24, 2.45) is 0 Å². The Hall–Kier alpha value is -5.16. The number of hydrogen-bond acceptors (Lipinski definition) is 3. The van der Waals surface area contributed by atoms with Crippen molar-refractivity contribution < 1.29 is 4.74 Å². The van der Waals surface area contributed by atoms with E-state index >= 15 is 0 Å². The quantitative estimate of drug-likeness (QED) is 0.141. The number of fused-ring (bicyclic) bond motifs is 3. The van der Waals surface area contributed by atoms with Crippen LogP contribution in [-0.2, 0) is 11.8 Å². The van der Waals surface area contributed by atoms with Crippen LogP contribution in [0.1, 0.15) is 133 Å². The maximum absolute atomic E-state index is 6.86. The molecule has 284 valence electrons. The number of para-hydroxylation sites is 1. The van der Waals surface area contributed by atoms with Crippen molar-refractivity contribution in [2.75, 3.05) is 0 Å². The van der Waals surface area contributed by atoms with E-state index in [1.165, 1.54) is 49.7 Å². The normalized spacial score (nSPS) is 12.3. The van der Waals surface area contributed by atoms with Gasteiger partial charge in [-0.05, 0) is 119 Å². The predicted octanol–water partition coefficient (Wildman–Crippen LogP) is 14.1. The fourth-order valence-corrected chi connectivity index (χ4v) is 8.12. The third kappa shape index (κ3) is 7.22. The second kappa shape index (κ2) is 14.8. The lowest BCUT2D eigenvalue weighted by Gasteiger charge is -2.24. The molecule has 0 radical (unpaired) electrons. The molecule has 3 heterocycles. The van der Waals surface area contributed by atoms with Crippen LogP contribution in [-0.4, -0.2) is 19.3 Å². The number of pyridine rings is 1. The summed E-state index contributed by atoms with van der Waals surface area (Å²) in [5, 5.41) is 7.64. The Morgan fingerprint density at radius 1 is 0.691 bits per heavy atom. The van der Waals surface area contributed by atoms with Crippen LogP contribution in [0.15, 0.2) is 91.1 Å². The van der Waals surface area contributed by atoms with Crippen LogP contribution in [0.5, 0.6) is 11.5 Å². The van der Waals surface area contributed by atoms with Gasteiger partial charge in [0.2, 0.25) is 0 Å². The summed E-state index contributed by atoms with van der Waals surface area (Å²) < 4.78 is 11.3. The molecule has 0 aliphatic rings. The third-order valence-electron chi connectivity index (χ3n) is 11.1. The van der Waals surface area contributed by atoms with E-state index in [0.717, 1.165) is 58.3 Å². The molecule has 7 rings (SSSR count). The van der Waals surface area contributed by atoms with Gasteiger partial charge < -0.3 is 4.74 Å². The minimum absolute atomic E-state index is 0.110. The highest BCUT2D eigenvalue weighted by molar-refractivity contribution is 6.09. The lowest BCUT2D eigenvalue weighted by molar-refractivity contribution is 0.478. The van der Waals surface area contributed by atoms with Crippen LogP contribution >= 0.6 is 0 Å². The monoisotopic (exact) mass is 730 g/mol. The third-order valence-corrected chi connectivity index (χ3v) is 11.1. The Bertz CT molecular complexity index is 2490. The lowest BCUT2D eigenvalue weighted by Crippen LogP contribution is -2.12. The van der Waals surface area contributed by atoms with Gasteiger partial charge in [-0.1, -0.05) is 106 Å². The van der Waals surface area contributed by atoms with E-state index in [0.29, 0.717) is 17.8 Å². The molecule has 0 saturated heterocycles. The molecule has 0 saturated carbocycles. The van der Waals surface area contributed by atoms with Gasteiger partial charge in [0.25, 0.3) is 0 Å². The van der Waals surface area contributed by atoms with Gasteiger partial charge in [-0.3, -0.25) is 4.57 Å². The first kappa shape index (κ1) is 38.1. The highest BCUT2D eigenvalue weighted by atomic mass is 16.5. The first-order chi connectivity index (χ1) is 26.2. The van der Waals surface area contributed by atoms with E-state index < -0.39 is 0 Å². The molecule has 0 bridgehead atoms. The summed E-state index contributed by atoms with van der Waals surface area (Å²) in [6.45, 7) is 27.2. The van der Waals surface area contributed by atoms with Gasteiger partial charge >= 0.3 is 0 Å². The maximum atomic E-state index is 6.86. The van der Waals surface area contributed by atoms with Crippen molar-refractivity contribution in [1.29, 1.82) is 0 Å². The van der Waals surface area contributed by atoms with E-state index in [9.17, 15) is 0 Å². The summed E-state index contributed by atoms with van der Waals surface area (Å²) in [6, 6.07) is 30.8. The number of benzene rings is 4. The topological polar surface area (TPSA) is 44.9 Å². The zero-order valence-corrected chi connectivity index (χ0v) is 35.0. The van der Waals surface area contributed by atoms with Gasteiger partial charge in [0, 0.05) is 40.4 Å². The lowest BCUT2D eigenvalue weighted by atomic mass is 9.81. The number of aryl methyl sites for hydroxylation is 2. The van der Waals surface area contributed by atoms with Gasteiger partial charge in [-0.25, -0.2) is 9.67 Å². The van der Waals surface area contributed by atoms with Crippen LogP contribution in [0.4, 0.5) is 0 Å². The number of nitrogens with zero attached hydrogens (tertiary/aromatic N) is 4. The van der Waals surface area contributed by atoms with Crippen molar-refractivity contribution >= 4 is 21.8 Å². The van der Waals surface area contributed by atoms with Crippen molar-refractivity contribution in [3.8, 4) is 34.1 Å². The van der Waals surface area contributed by atoms with Crippen molar-refractivity contribution in [3.05, 3.63) is 130 Å². The van der Waals surface area contributed by atoms with Crippen LogP contribution < -0.4 is 4.74 Å². The smallest absolute Gasteiger partial charge is 0.137 e. The Labute approximate surface area is 328 Å². The van der Waals surface area contributed by atoms with Gasteiger partial charge in [0.1, 0.15) is 17.3 Å². The summed E-state index contributed by atoms with van der Waals surface area (Å²) in [5.74, 6) is 3.71. The van der Waals surface area contributed by atoms with E-state index in [1.54, 1.807) is 0 Å². The zero-order chi connectivity index (χ0) is 39.3. The highest BCUT2D eigenvalue weighted by Gasteiger charge is 2.26. The minimum Gasteiger partial charge on any atom is -0.457 e. The van der Waals surface area contributed by atoms with E-state index in [-0.39, 0.29) is 5.41 Å². The Balaban J connectivity index is 1.36. The van der Waals surface area contributed by atoms with Gasteiger partial charge in [0.05, 0.1) is 22.4 Å². The average molecular weight is 731 g/mol. The molecule has 0 spiro atoms. The van der Waals surface area contributed by atoms with Crippen LogP contribution in [0.3, 0.4) is 0 Å². The second-order valence-corrected chi connectivity index (χ2v) is 17.4. The molecule has 0 fully saturated rings. The molecule has 0 atom stereocenters. The van der Waals surface area contributed by atoms with E-state index in [4.69, 9.17) is 14.8 Å². The molecule has 0 amide bonds. The Morgan fingerprint density at radius 3 is 2.04 bits per heavy atom. The molecule has 7 aromatic rings. The first-order valence-corrected chi connectivity index (χ1v) is 20.2. The van der Waals surface area contributed by atoms with Crippen molar-refractivity contribution in [1.82, 2.24) is 19.3 Å². The first-order valence-electron chi connectivity index (χ1n) is 20.2. The largest absolute Gasteiger partial charge is 0.457 e. The molecule has 0 N–H and O–H groups in total. The molecule has 0 unspecified atom stereocenters. The second-order valence-electron chi connectivity index (χ2n) is 17.4. The standard InChI is InChI=1S/C50H58N4O/c1-13-16-35-21-22-51-47(23-35)53-45-18-15-14-17-41(45)42-20-19-39(29-46(42)53)55-40-27-37(50(10,11)12)26-38(28-40)54-34(9)48(33(8)52-54)49-43(31(4)5)24-36(30(2)3)25-44(49)32(6)7/h14-15,17-32H,13,16H2,1-12H3. The van der Waals surface area contributed by atoms with Crippen LogP contribution in [0.2, 0.25) is 0 Å². The number of ether oxygens (including phenoxy) is 1. The molecular formula is C50H58N4O. The number of hydrogen-bond donors (Lipinski definition) is 0. The molecule has 0 aliphatic carbocycles. The molecule has 5 heteroatoms. The molecular weight excluding hydrogens is 673 g/mol. The fourth-order valence-electron chi connectivity index (χ4n) is 8.12. The average Bonchev–Trinajstić information content (AvgIpc) is 3.62. The van der Waals surface area contributed by atoms with Gasteiger partial charge in [-0.2, -0.15) is 5.10 Å². The Morgan fingerprint density at radius 2 is 1.38 bits per heavy atom. The van der Waals surface area contributed by atoms with Crippen molar-refractivity contribution in [3.63, 3.8) is 0 Å². The number of rotatable bonds is 10.